The molecular weight excluding hydrogens is 340 g/mol. The summed E-state index contributed by atoms with van der Waals surface area (Å²) in [5.74, 6) is -2.33. The van der Waals surface area contributed by atoms with Crippen LogP contribution in [0.15, 0.2) is 42.5 Å². The SMILES string of the molecule is COC(=O)/C=C/C(=O)O[C@H](C)[C@@H]1NC(=O)[C@H](Cc2ccccc2)NC1=O. The van der Waals surface area contributed by atoms with Crippen LogP contribution in [0.1, 0.15) is 12.5 Å². The Kier molecular flexibility index (Phi) is 6.48. The van der Waals surface area contributed by atoms with Crippen LogP contribution >= 0.6 is 0 Å². The number of amides is 2. The number of ether oxygens (including phenoxy) is 2. The zero-order valence-corrected chi connectivity index (χ0v) is 14.4. The van der Waals surface area contributed by atoms with Crippen LogP contribution in [0, 0.1) is 0 Å². The number of esters is 2. The van der Waals surface area contributed by atoms with Crippen molar-refractivity contribution in [3.05, 3.63) is 48.0 Å². The van der Waals surface area contributed by atoms with E-state index in [0.717, 1.165) is 17.7 Å². The highest BCUT2D eigenvalue weighted by Crippen LogP contribution is 2.10. The molecule has 2 rings (SSSR count). The lowest BCUT2D eigenvalue weighted by molar-refractivity contribution is -0.150. The number of methoxy groups -OCH3 is 1. The number of hydrogen-bond acceptors (Lipinski definition) is 6. The normalized spacial score (nSPS) is 20.8. The predicted octanol–water partition coefficient (Wildman–Crippen LogP) is -0.127. The van der Waals surface area contributed by atoms with E-state index in [1.54, 1.807) is 0 Å². The van der Waals surface area contributed by atoms with Crippen molar-refractivity contribution in [1.82, 2.24) is 10.6 Å². The summed E-state index contributed by atoms with van der Waals surface area (Å²) in [5, 5.41) is 5.22. The molecule has 138 valence electrons. The standard InChI is InChI=1S/C18H20N2O6/c1-11(26-15(22)9-8-14(21)25-2)16-18(24)19-13(17(23)20-16)10-12-6-4-3-5-7-12/h3-9,11,13,16H,10H2,1-2H3,(H,19,24)(H,20,23)/b9-8+/t11-,13+,16+/m1/s1. The molecule has 0 radical (unpaired) electrons. The molecule has 1 aromatic rings. The Labute approximate surface area is 150 Å². The van der Waals surface area contributed by atoms with Gasteiger partial charge in [-0.3, -0.25) is 9.59 Å². The fraction of sp³-hybridized carbons (Fsp3) is 0.333. The van der Waals surface area contributed by atoms with Crippen molar-refractivity contribution in [3.8, 4) is 0 Å². The van der Waals surface area contributed by atoms with Gasteiger partial charge in [0.05, 0.1) is 7.11 Å². The van der Waals surface area contributed by atoms with Gasteiger partial charge in [0.25, 0.3) is 0 Å². The number of carbonyl (C=O) groups is 4. The third-order valence-electron chi connectivity index (χ3n) is 3.82. The van der Waals surface area contributed by atoms with Crippen LogP contribution < -0.4 is 10.6 Å². The van der Waals surface area contributed by atoms with Gasteiger partial charge in [-0.1, -0.05) is 30.3 Å². The summed E-state index contributed by atoms with van der Waals surface area (Å²) in [4.78, 5) is 47.1. The van der Waals surface area contributed by atoms with Crippen LogP contribution in [-0.2, 0) is 35.1 Å². The molecule has 8 nitrogen and oxygen atoms in total. The fourth-order valence-electron chi connectivity index (χ4n) is 2.47. The molecule has 1 heterocycles. The van der Waals surface area contributed by atoms with Gasteiger partial charge in [-0.05, 0) is 12.5 Å². The molecule has 2 amide bonds. The summed E-state index contributed by atoms with van der Waals surface area (Å²) in [5.41, 5.74) is 0.916. The van der Waals surface area contributed by atoms with Gasteiger partial charge >= 0.3 is 11.9 Å². The van der Waals surface area contributed by atoms with E-state index >= 15 is 0 Å². The van der Waals surface area contributed by atoms with Crippen molar-refractivity contribution in [1.29, 1.82) is 0 Å². The molecule has 1 saturated heterocycles. The predicted molar refractivity (Wildman–Crippen MR) is 90.7 cm³/mol. The Bertz CT molecular complexity index is 716. The van der Waals surface area contributed by atoms with Gasteiger partial charge in [0.2, 0.25) is 11.8 Å². The third kappa shape index (κ3) is 5.17. The van der Waals surface area contributed by atoms with Gasteiger partial charge in [-0.2, -0.15) is 0 Å². The van der Waals surface area contributed by atoms with Crippen molar-refractivity contribution in [2.45, 2.75) is 31.5 Å². The van der Waals surface area contributed by atoms with Crippen molar-refractivity contribution in [2.75, 3.05) is 7.11 Å². The maximum absolute atomic E-state index is 12.3. The summed E-state index contributed by atoms with van der Waals surface area (Å²) in [7, 11) is 1.17. The van der Waals surface area contributed by atoms with Crippen LogP contribution in [0.25, 0.3) is 0 Å². The number of rotatable bonds is 6. The van der Waals surface area contributed by atoms with Gasteiger partial charge in [0.1, 0.15) is 18.2 Å². The molecule has 26 heavy (non-hydrogen) atoms. The Morgan fingerprint density at radius 2 is 1.73 bits per heavy atom. The highest BCUT2D eigenvalue weighted by Gasteiger charge is 2.38. The molecule has 0 spiro atoms. The average Bonchev–Trinajstić information content (AvgIpc) is 2.63. The molecular formula is C18H20N2O6. The van der Waals surface area contributed by atoms with E-state index in [1.165, 1.54) is 14.0 Å². The molecule has 2 N–H and O–H groups in total. The Balaban J connectivity index is 1.93. The number of nitrogens with one attached hydrogen (secondary N) is 2. The van der Waals surface area contributed by atoms with Crippen LogP contribution in [0.4, 0.5) is 0 Å². The first-order chi connectivity index (χ1) is 12.4. The van der Waals surface area contributed by atoms with Crippen LogP contribution in [0.5, 0.6) is 0 Å². The number of benzene rings is 1. The summed E-state index contributed by atoms with van der Waals surface area (Å²) < 4.78 is 9.41. The Hall–Kier alpha value is -3.16. The van der Waals surface area contributed by atoms with Crippen LogP contribution in [0.3, 0.4) is 0 Å². The first-order valence-corrected chi connectivity index (χ1v) is 8.02. The van der Waals surface area contributed by atoms with Crippen molar-refractivity contribution in [3.63, 3.8) is 0 Å². The van der Waals surface area contributed by atoms with Gasteiger partial charge in [0.15, 0.2) is 0 Å². The van der Waals surface area contributed by atoms with Crippen LogP contribution in [0.2, 0.25) is 0 Å². The highest BCUT2D eigenvalue weighted by molar-refractivity contribution is 5.98. The lowest BCUT2D eigenvalue weighted by Crippen LogP contribution is -2.65. The fourth-order valence-corrected chi connectivity index (χ4v) is 2.47. The van der Waals surface area contributed by atoms with Crippen molar-refractivity contribution in [2.24, 2.45) is 0 Å². The largest absolute Gasteiger partial charge is 0.466 e. The molecule has 1 aromatic carbocycles. The summed E-state index contributed by atoms with van der Waals surface area (Å²) in [6.45, 7) is 1.48. The molecule has 1 aliphatic rings. The first kappa shape index (κ1) is 19.2. The molecule has 0 aromatic heterocycles. The van der Waals surface area contributed by atoms with E-state index in [4.69, 9.17) is 4.74 Å². The molecule has 0 saturated carbocycles. The molecule has 0 unspecified atom stereocenters. The molecule has 1 fully saturated rings. The highest BCUT2D eigenvalue weighted by atomic mass is 16.5. The second kappa shape index (κ2) is 8.80. The van der Waals surface area contributed by atoms with Crippen molar-refractivity contribution >= 4 is 23.8 Å². The van der Waals surface area contributed by atoms with Gasteiger partial charge < -0.3 is 20.1 Å². The quantitative estimate of drug-likeness (QED) is 0.540. The van der Waals surface area contributed by atoms with E-state index in [-0.39, 0.29) is 5.91 Å². The van der Waals surface area contributed by atoms with E-state index in [0.29, 0.717) is 6.42 Å². The molecule has 1 aliphatic heterocycles. The molecule has 3 atom stereocenters. The summed E-state index contributed by atoms with van der Waals surface area (Å²) >= 11 is 0. The lowest BCUT2D eigenvalue weighted by Gasteiger charge is -2.32. The minimum atomic E-state index is -1.01. The third-order valence-corrected chi connectivity index (χ3v) is 3.82. The Morgan fingerprint density at radius 3 is 2.38 bits per heavy atom. The number of hydrogen-bond donors (Lipinski definition) is 2. The monoisotopic (exact) mass is 360 g/mol. The van der Waals surface area contributed by atoms with E-state index < -0.39 is 36.0 Å². The Morgan fingerprint density at radius 1 is 1.08 bits per heavy atom. The lowest BCUT2D eigenvalue weighted by atomic mass is 10.0. The van der Waals surface area contributed by atoms with Gasteiger partial charge in [0, 0.05) is 18.6 Å². The van der Waals surface area contributed by atoms with Gasteiger partial charge in [-0.25, -0.2) is 9.59 Å². The van der Waals surface area contributed by atoms with E-state index in [1.807, 2.05) is 30.3 Å². The number of carbonyl (C=O) groups excluding carboxylic acids is 4. The summed E-state index contributed by atoms with van der Waals surface area (Å²) in [6, 6.07) is 7.60. The second-order valence-electron chi connectivity index (χ2n) is 5.74. The maximum Gasteiger partial charge on any atom is 0.331 e. The van der Waals surface area contributed by atoms with E-state index in [2.05, 4.69) is 15.4 Å². The topological polar surface area (TPSA) is 111 Å². The molecule has 8 heteroatoms. The smallest absolute Gasteiger partial charge is 0.331 e. The zero-order chi connectivity index (χ0) is 19.1. The van der Waals surface area contributed by atoms with E-state index in [9.17, 15) is 19.2 Å². The molecule has 0 aliphatic carbocycles. The first-order valence-electron chi connectivity index (χ1n) is 8.02. The second-order valence-corrected chi connectivity index (χ2v) is 5.74. The average molecular weight is 360 g/mol. The number of piperazine rings is 1. The summed E-state index contributed by atoms with van der Waals surface area (Å²) in [6.07, 6.45) is 1.25. The van der Waals surface area contributed by atoms with Crippen LogP contribution in [-0.4, -0.2) is 49.1 Å². The van der Waals surface area contributed by atoms with Gasteiger partial charge in [-0.15, -0.1) is 0 Å². The maximum atomic E-state index is 12.3. The zero-order valence-electron chi connectivity index (χ0n) is 14.4. The van der Waals surface area contributed by atoms with Crippen molar-refractivity contribution < 1.29 is 28.7 Å². The minimum absolute atomic E-state index is 0.355. The molecule has 0 bridgehead atoms. The minimum Gasteiger partial charge on any atom is -0.466 e.